The number of benzene rings is 2. The van der Waals surface area contributed by atoms with Gasteiger partial charge in [-0.2, -0.15) is 0 Å². The summed E-state index contributed by atoms with van der Waals surface area (Å²) in [6.07, 6.45) is 10.5. The predicted octanol–water partition coefficient (Wildman–Crippen LogP) is 10.6. The Kier molecular flexibility index (Phi) is 10.5. The lowest BCUT2D eigenvalue weighted by molar-refractivity contribution is 0.0605. The van der Waals surface area contributed by atoms with Gasteiger partial charge in [-0.3, -0.25) is 0 Å². The summed E-state index contributed by atoms with van der Waals surface area (Å²) in [5.41, 5.74) is 11.1. The molecule has 6 aromatic heterocycles. The maximum absolute atomic E-state index is 11.8. The van der Waals surface area contributed by atoms with Crippen LogP contribution in [0.25, 0.3) is 32.2 Å². The summed E-state index contributed by atoms with van der Waals surface area (Å²) in [6, 6.07) is 31.9. The minimum atomic E-state index is -0.890. The number of methoxy groups -OCH3 is 3. The van der Waals surface area contributed by atoms with Crippen molar-refractivity contribution in [2.45, 2.75) is 50.4 Å². The Bertz CT molecular complexity index is 2850. The summed E-state index contributed by atoms with van der Waals surface area (Å²) in [5, 5.41) is 9.24. The molecule has 0 amide bonds. The topological polar surface area (TPSA) is 117 Å². The van der Waals surface area contributed by atoms with E-state index < -0.39 is 5.97 Å². The lowest BCUT2D eigenvalue weighted by Crippen LogP contribution is -2.13. The number of imidazole rings is 2. The molecule has 2 unspecified atom stereocenters. The van der Waals surface area contributed by atoms with Gasteiger partial charge >= 0.3 is 11.9 Å². The van der Waals surface area contributed by atoms with Crippen molar-refractivity contribution in [2.75, 3.05) is 21.3 Å². The standard InChI is InChI=1S/C24H22N2O3S.C23H20N2O3S/c1-28-19-9-4-3-6-16(19)17-7-5-8-18-23(17)26-14-15(10-13-22(26)25-18)20-11-12-21(30-20)24(27)29-2;1-28-18-8-3-2-5-15(18)16-6-4-7-17-22(16)25-13-14(9-12-21(25)24-17)19-10-11-20(29-19)23(26)27/h3-4,6,9-14,17H,5,7-8H2,1-2H3;2-3,5,8-13,16H,4,6-7H2,1H3,(H,26,27). The predicted molar refractivity (Wildman–Crippen MR) is 231 cm³/mol. The van der Waals surface area contributed by atoms with Gasteiger partial charge in [0.2, 0.25) is 0 Å². The first-order valence-electron chi connectivity index (χ1n) is 19.6. The third-order valence-electron chi connectivity index (χ3n) is 11.3. The third kappa shape index (κ3) is 7.16. The van der Waals surface area contributed by atoms with E-state index >= 15 is 0 Å². The van der Waals surface area contributed by atoms with Gasteiger partial charge in [0, 0.05) is 56.2 Å². The van der Waals surface area contributed by atoms with Crippen LogP contribution in [0.15, 0.2) is 109 Å². The van der Waals surface area contributed by atoms with Crippen LogP contribution >= 0.6 is 22.7 Å². The zero-order chi connectivity index (χ0) is 40.6. The van der Waals surface area contributed by atoms with E-state index in [-0.39, 0.29) is 17.8 Å². The number of pyridine rings is 2. The quantitative estimate of drug-likeness (QED) is 0.151. The van der Waals surface area contributed by atoms with E-state index in [9.17, 15) is 14.7 Å². The van der Waals surface area contributed by atoms with Gasteiger partial charge in [-0.25, -0.2) is 19.6 Å². The first-order chi connectivity index (χ1) is 28.8. The molecule has 12 heteroatoms. The van der Waals surface area contributed by atoms with E-state index in [0.29, 0.717) is 9.75 Å². The highest BCUT2D eigenvalue weighted by Gasteiger charge is 2.30. The van der Waals surface area contributed by atoms with E-state index in [0.717, 1.165) is 93.6 Å². The maximum Gasteiger partial charge on any atom is 0.348 e. The molecular formula is C47H42N4O6S2. The van der Waals surface area contributed by atoms with Crippen molar-refractivity contribution in [3.05, 3.63) is 153 Å². The van der Waals surface area contributed by atoms with Crippen LogP contribution < -0.4 is 9.47 Å². The molecule has 0 radical (unpaired) electrons. The molecule has 0 saturated carbocycles. The summed E-state index contributed by atoms with van der Waals surface area (Å²) in [7, 11) is 4.85. The average molecular weight is 823 g/mol. The highest BCUT2D eigenvalue weighted by atomic mass is 32.1. The molecule has 0 spiro atoms. The summed E-state index contributed by atoms with van der Waals surface area (Å²) in [5.74, 6) is 1.09. The number of aromatic carboxylic acids is 1. The largest absolute Gasteiger partial charge is 0.496 e. The molecular weight excluding hydrogens is 781 g/mol. The van der Waals surface area contributed by atoms with E-state index in [4.69, 9.17) is 24.2 Å². The van der Waals surface area contributed by atoms with E-state index in [1.54, 1.807) is 20.3 Å². The Labute approximate surface area is 349 Å². The maximum atomic E-state index is 11.8. The highest BCUT2D eigenvalue weighted by molar-refractivity contribution is 7.17. The minimum absolute atomic E-state index is 0.220. The lowest BCUT2D eigenvalue weighted by Gasteiger charge is -2.24. The van der Waals surface area contributed by atoms with Crippen molar-refractivity contribution in [3.8, 4) is 32.4 Å². The number of hydrogen-bond acceptors (Lipinski definition) is 9. The van der Waals surface area contributed by atoms with Gasteiger partial charge in [0.05, 0.1) is 44.1 Å². The number of aryl methyl sites for hydroxylation is 2. The van der Waals surface area contributed by atoms with Crippen molar-refractivity contribution in [3.63, 3.8) is 0 Å². The Hall–Kier alpha value is -6.24. The lowest BCUT2D eigenvalue weighted by atomic mass is 9.84. The molecule has 2 atom stereocenters. The zero-order valence-corrected chi connectivity index (χ0v) is 34.5. The smallest absolute Gasteiger partial charge is 0.348 e. The van der Waals surface area contributed by atoms with Gasteiger partial charge in [-0.05, 0) is 99.2 Å². The first kappa shape index (κ1) is 38.3. The number of carboxylic acid groups (broad SMARTS) is 1. The molecule has 2 aliphatic rings. The van der Waals surface area contributed by atoms with Gasteiger partial charge < -0.3 is 28.1 Å². The SMILES string of the molecule is COC(=O)c1ccc(-c2ccc3nc4c(n3c2)C(c2ccccc2OC)CCC4)s1.COc1ccccc1C1CCCc2nc3ccc(-c4ccc(C(=O)O)s4)cn3c21. The molecule has 1 N–H and O–H groups in total. The summed E-state index contributed by atoms with van der Waals surface area (Å²) < 4.78 is 20.5. The first-order valence-corrected chi connectivity index (χ1v) is 21.3. The van der Waals surface area contributed by atoms with Crippen molar-refractivity contribution in [1.82, 2.24) is 18.8 Å². The number of carboxylic acids is 1. The molecule has 298 valence electrons. The molecule has 0 saturated heterocycles. The van der Waals surface area contributed by atoms with Gasteiger partial charge in [0.15, 0.2) is 0 Å². The van der Waals surface area contributed by atoms with E-state index in [1.807, 2.05) is 54.6 Å². The molecule has 2 aromatic carbocycles. The monoisotopic (exact) mass is 822 g/mol. The number of ether oxygens (including phenoxy) is 3. The number of rotatable bonds is 8. The zero-order valence-electron chi connectivity index (χ0n) is 32.9. The minimum Gasteiger partial charge on any atom is -0.496 e. The second-order valence-corrected chi connectivity index (χ2v) is 16.8. The number of esters is 1. The van der Waals surface area contributed by atoms with Gasteiger partial charge in [-0.15, -0.1) is 22.7 Å². The second-order valence-electron chi connectivity index (χ2n) is 14.7. The van der Waals surface area contributed by atoms with Crippen LogP contribution in [0.2, 0.25) is 0 Å². The van der Waals surface area contributed by atoms with Gasteiger partial charge in [-0.1, -0.05) is 36.4 Å². The number of hydrogen-bond donors (Lipinski definition) is 1. The van der Waals surface area contributed by atoms with Crippen molar-refractivity contribution >= 4 is 45.9 Å². The van der Waals surface area contributed by atoms with Crippen LogP contribution in [0.4, 0.5) is 0 Å². The molecule has 10 nitrogen and oxygen atoms in total. The van der Waals surface area contributed by atoms with Crippen LogP contribution in [0.5, 0.6) is 11.5 Å². The normalized spacial score (nSPS) is 15.8. The van der Waals surface area contributed by atoms with Crippen LogP contribution in [-0.2, 0) is 17.6 Å². The Morgan fingerprint density at radius 1 is 0.627 bits per heavy atom. The Morgan fingerprint density at radius 3 is 1.56 bits per heavy atom. The number of aromatic nitrogens is 4. The van der Waals surface area contributed by atoms with Crippen LogP contribution in [0.3, 0.4) is 0 Å². The van der Waals surface area contributed by atoms with Crippen LogP contribution in [-0.4, -0.2) is 57.1 Å². The average Bonchev–Trinajstić information content (AvgIpc) is 4.11. The van der Waals surface area contributed by atoms with Gasteiger partial charge in [0.1, 0.15) is 32.5 Å². The molecule has 10 rings (SSSR count). The number of fused-ring (bicyclic) bond motifs is 6. The molecule has 6 heterocycles. The molecule has 59 heavy (non-hydrogen) atoms. The van der Waals surface area contributed by atoms with Gasteiger partial charge in [0.25, 0.3) is 0 Å². The highest BCUT2D eigenvalue weighted by Crippen LogP contribution is 2.43. The van der Waals surface area contributed by atoms with Crippen molar-refractivity contribution < 1.29 is 28.9 Å². The van der Waals surface area contributed by atoms with Crippen molar-refractivity contribution in [1.29, 1.82) is 0 Å². The fraction of sp³-hybridized carbons (Fsp3) is 0.234. The third-order valence-corrected chi connectivity index (χ3v) is 13.6. The number of para-hydroxylation sites is 2. The summed E-state index contributed by atoms with van der Waals surface area (Å²) >= 11 is 2.73. The van der Waals surface area contributed by atoms with Crippen LogP contribution in [0.1, 0.15) is 90.8 Å². The Balaban J connectivity index is 0.000000152. The molecule has 0 bridgehead atoms. The van der Waals surface area contributed by atoms with E-state index in [2.05, 4.69) is 57.6 Å². The summed E-state index contributed by atoms with van der Waals surface area (Å²) in [6.45, 7) is 0. The summed E-state index contributed by atoms with van der Waals surface area (Å²) in [4.78, 5) is 35.8. The van der Waals surface area contributed by atoms with Crippen LogP contribution in [0, 0.1) is 0 Å². The Morgan fingerprint density at radius 2 is 1.10 bits per heavy atom. The molecule has 8 aromatic rings. The molecule has 0 aliphatic heterocycles. The van der Waals surface area contributed by atoms with E-state index in [1.165, 1.54) is 52.3 Å². The number of carbonyl (C=O) groups excluding carboxylic acids is 1. The van der Waals surface area contributed by atoms with Crippen molar-refractivity contribution in [2.24, 2.45) is 0 Å². The molecule has 2 aliphatic carbocycles. The number of nitrogens with zero attached hydrogens (tertiary/aromatic N) is 4. The number of carbonyl (C=O) groups is 2. The fourth-order valence-corrected chi connectivity index (χ4v) is 10.4. The second kappa shape index (κ2) is 16.2. The molecule has 0 fully saturated rings. The number of thiophene rings is 2. The fourth-order valence-electron chi connectivity index (χ4n) is 8.67.